The molecule has 6 nitrogen and oxygen atoms in total. The third-order valence-electron chi connectivity index (χ3n) is 4.08. The van der Waals surface area contributed by atoms with Crippen LogP contribution in [0.3, 0.4) is 0 Å². The van der Waals surface area contributed by atoms with Crippen LogP contribution >= 0.6 is 11.6 Å². The highest BCUT2D eigenvalue weighted by Crippen LogP contribution is 2.28. The lowest BCUT2D eigenvalue weighted by molar-refractivity contribution is -0.135. The number of halogens is 1. The van der Waals surface area contributed by atoms with E-state index in [1.54, 1.807) is 18.3 Å². The van der Waals surface area contributed by atoms with Gasteiger partial charge >= 0.3 is 0 Å². The van der Waals surface area contributed by atoms with Crippen molar-refractivity contribution < 1.29 is 9.32 Å². The van der Waals surface area contributed by atoms with Crippen molar-refractivity contribution in [3.05, 3.63) is 29.3 Å². The molecule has 122 valence electrons. The molecule has 0 saturated carbocycles. The molecular weight excluding hydrogens is 316 g/mol. The van der Waals surface area contributed by atoms with E-state index in [1.165, 1.54) is 0 Å². The van der Waals surface area contributed by atoms with E-state index in [0.717, 1.165) is 31.5 Å². The van der Waals surface area contributed by atoms with E-state index in [0.29, 0.717) is 16.9 Å². The van der Waals surface area contributed by atoms with Gasteiger partial charge in [-0.25, -0.2) is 4.98 Å². The first-order chi connectivity index (χ1) is 11.0. The van der Waals surface area contributed by atoms with E-state index in [9.17, 15) is 4.79 Å². The molecule has 1 aliphatic heterocycles. The Kier molecular flexibility index (Phi) is 4.61. The van der Waals surface area contributed by atoms with E-state index < -0.39 is 0 Å². The molecule has 3 heterocycles. The molecule has 1 fully saturated rings. The van der Waals surface area contributed by atoms with Crippen molar-refractivity contribution >= 4 is 17.5 Å². The van der Waals surface area contributed by atoms with Crippen molar-refractivity contribution in [3.63, 3.8) is 0 Å². The summed E-state index contributed by atoms with van der Waals surface area (Å²) in [5, 5.41) is 4.49. The van der Waals surface area contributed by atoms with Crippen LogP contribution in [0.1, 0.15) is 38.4 Å². The van der Waals surface area contributed by atoms with Gasteiger partial charge in [-0.15, -0.1) is 0 Å². The molecule has 1 amide bonds. The Morgan fingerprint density at radius 1 is 1.39 bits per heavy atom. The summed E-state index contributed by atoms with van der Waals surface area (Å²) in [7, 11) is 0. The van der Waals surface area contributed by atoms with Crippen molar-refractivity contribution in [2.45, 2.75) is 32.6 Å². The zero-order valence-electron chi connectivity index (χ0n) is 13.2. The van der Waals surface area contributed by atoms with Crippen LogP contribution in [0.2, 0.25) is 5.15 Å². The number of likely N-dealkylation sites (tertiary alicyclic amines) is 1. The van der Waals surface area contributed by atoms with Crippen LogP contribution in [0.4, 0.5) is 0 Å². The molecule has 1 aliphatic rings. The molecule has 0 radical (unpaired) electrons. The summed E-state index contributed by atoms with van der Waals surface area (Å²) in [6, 6.07) is 3.48. The van der Waals surface area contributed by atoms with Gasteiger partial charge in [0.15, 0.2) is 5.82 Å². The maximum Gasteiger partial charge on any atom is 0.258 e. The Bertz CT molecular complexity index is 693. The van der Waals surface area contributed by atoms with Gasteiger partial charge in [-0.3, -0.25) is 4.79 Å². The second-order valence-corrected chi connectivity index (χ2v) is 6.47. The van der Waals surface area contributed by atoms with E-state index >= 15 is 0 Å². The average Bonchev–Trinajstić information content (AvgIpc) is 3.04. The number of carbonyl (C=O) groups excluding carboxylic acids is 1. The van der Waals surface area contributed by atoms with Crippen LogP contribution in [0.5, 0.6) is 0 Å². The molecule has 0 N–H and O–H groups in total. The third kappa shape index (κ3) is 3.52. The number of hydrogen-bond donors (Lipinski definition) is 0. The summed E-state index contributed by atoms with van der Waals surface area (Å²) in [6.07, 6.45) is 3.32. The molecule has 0 aromatic carbocycles. The van der Waals surface area contributed by atoms with E-state index in [-0.39, 0.29) is 17.7 Å². The molecule has 3 rings (SSSR count). The number of pyridine rings is 1. The molecule has 2 aromatic rings. The molecule has 23 heavy (non-hydrogen) atoms. The minimum atomic E-state index is 0.0415. The lowest BCUT2D eigenvalue weighted by atomic mass is 9.95. The van der Waals surface area contributed by atoms with Gasteiger partial charge in [0.05, 0.1) is 0 Å². The number of aromatic nitrogens is 3. The first-order valence-corrected chi connectivity index (χ1v) is 8.16. The maximum absolute atomic E-state index is 12.0. The summed E-state index contributed by atoms with van der Waals surface area (Å²) >= 11 is 5.88. The maximum atomic E-state index is 12.0. The van der Waals surface area contributed by atoms with Gasteiger partial charge < -0.3 is 9.42 Å². The predicted octanol–water partition coefficient (Wildman–Crippen LogP) is 3.15. The second-order valence-electron chi connectivity index (χ2n) is 6.08. The first-order valence-electron chi connectivity index (χ1n) is 7.79. The Morgan fingerprint density at radius 3 is 2.78 bits per heavy atom. The summed E-state index contributed by atoms with van der Waals surface area (Å²) in [5.74, 6) is 1.62. The van der Waals surface area contributed by atoms with Gasteiger partial charge in [0.2, 0.25) is 5.91 Å². The fourth-order valence-corrected chi connectivity index (χ4v) is 2.95. The van der Waals surface area contributed by atoms with Crippen LogP contribution in [-0.4, -0.2) is 39.0 Å². The summed E-state index contributed by atoms with van der Waals surface area (Å²) < 4.78 is 5.34. The highest BCUT2D eigenvalue weighted by Gasteiger charge is 2.28. The fourth-order valence-electron chi connectivity index (χ4n) is 2.78. The Morgan fingerprint density at radius 2 is 2.13 bits per heavy atom. The normalized spacial score (nSPS) is 16.1. The van der Waals surface area contributed by atoms with Gasteiger partial charge in [0, 0.05) is 36.7 Å². The molecule has 1 saturated heterocycles. The predicted molar refractivity (Wildman–Crippen MR) is 85.9 cm³/mol. The number of amides is 1. The Hall–Kier alpha value is -1.95. The SMILES string of the molecule is CC(C)C(=O)N1CCC(c2noc(-c3ccnc(Cl)c3)n2)CC1. The molecule has 0 atom stereocenters. The molecule has 0 spiro atoms. The lowest BCUT2D eigenvalue weighted by Gasteiger charge is -2.31. The van der Waals surface area contributed by atoms with Crippen molar-refractivity contribution in [1.82, 2.24) is 20.0 Å². The Labute approximate surface area is 139 Å². The molecule has 0 unspecified atom stereocenters. The smallest absolute Gasteiger partial charge is 0.258 e. The average molecular weight is 335 g/mol. The Balaban J connectivity index is 1.67. The first kappa shape index (κ1) is 15.9. The largest absolute Gasteiger partial charge is 0.342 e. The quantitative estimate of drug-likeness (QED) is 0.806. The van der Waals surface area contributed by atoms with E-state index in [4.69, 9.17) is 16.1 Å². The van der Waals surface area contributed by atoms with Crippen LogP contribution in [0.15, 0.2) is 22.9 Å². The highest BCUT2D eigenvalue weighted by atomic mass is 35.5. The second kappa shape index (κ2) is 6.66. The molecular formula is C16H19ClN4O2. The summed E-state index contributed by atoms with van der Waals surface area (Å²) in [5.41, 5.74) is 0.760. The monoisotopic (exact) mass is 334 g/mol. The standard InChI is InChI=1S/C16H19ClN4O2/c1-10(2)16(22)21-7-4-11(5-8-21)14-19-15(23-20-14)12-3-6-18-13(17)9-12/h3,6,9-11H,4-5,7-8H2,1-2H3. The van der Waals surface area contributed by atoms with Gasteiger partial charge in [-0.2, -0.15) is 4.98 Å². The van der Waals surface area contributed by atoms with E-state index in [1.807, 2.05) is 18.7 Å². The molecule has 0 aliphatic carbocycles. The zero-order valence-corrected chi connectivity index (χ0v) is 14.0. The number of hydrogen-bond acceptors (Lipinski definition) is 5. The van der Waals surface area contributed by atoms with Gasteiger partial charge in [0.1, 0.15) is 5.15 Å². The van der Waals surface area contributed by atoms with Crippen molar-refractivity contribution in [3.8, 4) is 11.5 Å². The number of rotatable bonds is 3. The van der Waals surface area contributed by atoms with Crippen LogP contribution in [-0.2, 0) is 4.79 Å². The van der Waals surface area contributed by atoms with Crippen LogP contribution < -0.4 is 0 Å². The fraction of sp³-hybridized carbons (Fsp3) is 0.500. The van der Waals surface area contributed by atoms with Crippen molar-refractivity contribution in [2.75, 3.05) is 13.1 Å². The van der Waals surface area contributed by atoms with Crippen LogP contribution in [0.25, 0.3) is 11.5 Å². The molecule has 2 aromatic heterocycles. The number of piperidine rings is 1. The number of carbonyl (C=O) groups is 1. The summed E-state index contributed by atoms with van der Waals surface area (Å²) in [4.78, 5) is 22.4. The van der Waals surface area contributed by atoms with Gasteiger partial charge in [-0.1, -0.05) is 30.6 Å². The molecule has 7 heteroatoms. The lowest BCUT2D eigenvalue weighted by Crippen LogP contribution is -2.40. The van der Waals surface area contributed by atoms with Crippen molar-refractivity contribution in [2.24, 2.45) is 5.92 Å². The minimum absolute atomic E-state index is 0.0415. The zero-order chi connectivity index (χ0) is 16.4. The molecule has 0 bridgehead atoms. The van der Waals surface area contributed by atoms with Crippen molar-refractivity contribution in [1.29, 1.82) is 0 Å². The minimum Gasteiger partial charge on any atom is -0.342 e. The van der Waals surface area contributed by atoms with Crippen LogP contribution in [0, 0.1) is 5.92 Å². The summed E-state index contributed by atoms with van der Waals surface area (Å²) in [6.45, 7) is 5.35. The van der Waals surface area contributed by atoms with Gasteiger partial charge in [-0.05, 0) is 25.0 Å². The highest BCUT2D eigenvalue weighted by molar-refractivity contribution is 6.29. The third-order valence-corrected chi connectivity index (χ3v) is 4.29. The topological polar surface area (TPSA) is 72.1 Å². The van der Waals surface area contributed by atoms with Gasteiger partial charge in [0.25, 0.3) is 5.89 Å². The van der Waals surface area contributed by atoms with E-state index in [2.05, 4.69) is 15.1 Å². The number of nitrogens with zero attached hydrogens (tertiary/aromatic N) is 4.